The largest absolute Gasteiger partial charge is 0.462 e. The third-order valence-electron chi connectivity index (χ3n) is 11.4. The van der Waals surface area contributed by atoms with Crippen LogP contribution in [0.2, 0.25) is 0 Å². The fourth-order valence-corrected chi connectivity index (χ4v) is 9.73. The lowest BCUT2D eigenvalue weighted by Crippen LogP contribution is -2.65. The number of rotatable bonds is 5. The van der Waals surface area contributed by atoms with Crippen molar-refractivity contribution in [3.63, 3.8) is 0 Å². The molecular formula is C31H44O11. The van der Waals surface area contributed by atoms with Crippen molar-refractivity contribution < 1.29 is 53.1 Å². The topological polar surface area (TPSA) is 155 Å². The second-order valence-electron chi connectivity index (χ2n) is 13.9. The minimum Gasteiger partial charge on any atom is -0.462 e. The summed E-state index contributed by atoms with van der Waals surface area (Å²) in [5.41, 5.74) is -4.76. The summed E-state index contributed by atoms with van der Waals surface area (Å²) in [6, 6.07) is 0. The molecule has 234 valence electrons. The van der Waals surface area contributed by atoms with Crippen molar-refractivity contribution in [2.45, 2.75) is 117 Å². The van der Waals surface area contributed by atoms with Crippen LogP contribution in [0.15, 0.2) is 11.6 Å². The molecule has 0 amide bonds. The van der Waals surface area contributed by atoms with Gasteiger partial charge < -0.3 is 33.9 Å². The summed E-state index contributed by atoms with van der Waals surface area (Å²) in [7, 11) is 0. The van der Waals surface area contributed by atoms with Gasteiger partial charge in [-0.1, -0.05) is 26.8 Å². The molecule has 4 aliphatic carbocycles. The van der Waals surface area contributed by atoms with Gasteiger partial charge in [0, 0.05) is 32.3 Å². The Kier molecular flexibility index (Phi) is 7.19. The van der Waals surface area contributed by atoms with Crippen LogP contribution in [0.3, 0.4) is 0 Å². The summed E-state index contributed by atoms with van der Waals surface area (Å²) in [5.74, 6) is -4.91. The SMILES string of the molecule is C/C=C(\C)C(=O)O[C@@H]1C[C@H]2[C@@H]([C@H]3[C@@]4(C)O[C@@H](O)[C@@]13[C@H](OC(C)=O)[C@H]1[C@@H](OC(C)=O)[C@@H](C)C[C@]1(OC(C)=O)[C@@H]4O)C2(C)C. The highest BCUT2D eigenvalue weighted by Crippen LogP contribution is 2.79. The van der Waals surface area contributed by atoms with Crippen LogP contribution in [0.1, 0.15) is 75.2 Å². The first-order valence-corrected chi connectivity index (χ1v) is 14.8. The zero-order chi connectivity index (χ0) is 31.3. The Labute approximate surface area is 246 Å². The number of hydrogen-bond acceptors (Lipinski definition) is 11. The van der Waals surface area contributed by atoms with E-state index in [0.717, 1.165) is 0 Å². The number of hydrogen-bond donors (Lipinski definition) is 2. The number of aliphatic hydroxyl groups is 2. The van der Waals surface area contributed by atoms with Crippen LogP contribution in [0.25, 0.3) is 0 Å². The number of ether oxygens (including phenoxy) is 5. The van der Waals surface area contributed by atoms with Crippen LogP contribution < -0.4 is 0 Å². The van der Waals surface area contributed by atoms with Crippen LogP contribution in [0.5, 0.6) is 0 Å². The van der Waals surface area contributed by atoms with Crippen molar-refractivity contribution in [1.29, 1.82) is 0 Å². The van der Waals surface area contributed by atoms with Crippen molar-refractivity contribution in [2.24, 2.45) is 40.4 Å². The number of esters is 4. The Morgan fingerprint density at radius 2 is 1.52 bits per heavy atom. The molecule has 2 bridgehead atoms. The predicted octanol–water partition coefficient (Wildman–Crippen LogP) is 2.45. The van der Waals surface area contributed by atoms with Gasteiger partial charge in [0.05, 0.1) is 5.92 Å². The summed E-state index contributed by atoms with van der Waals surface area (Å²) in [5, 5.41) is 24.5. The average molecular weight is 593 g/mol. The van der Waals surface area contributed by atoms with E-state index in [9.17, 15) is 29.4 Å². The molecule has 42 heavy (non-hydrogen) atoms. The van der Waals surface area contributed by atoms with Crippen LogP contribution in [-0.4, -0.2) is 76.0 Å². The minimum atomic E-state index is -1.72. The smallest absolute Gasteiger partial charge is 0.333 e. The van der Waals surface area contributed by atoms with Crippen molar-refractivity contribution in [3.8, 4) is 0 Å². The molecule has 5 aliphatic rings. The molecule has 13 atom stereocenters. The van der Waals surface area contributed by atoms with E-state index in [4.69, 9.17) is 23.7 Å². The van der Waals surface area contributed by atoms with Gasteiger partial charge in [0.1, 0.15) is 35.4 Å². The van der Waals surface area contributed by atoms with Gasteiger partial charge in [0.25, 0.3) is 0 Å². The Hall–Kier alpha value is -2.50. The van der Waals surface area contributed by atoms with E-state index in [-0.39, 0.29) is 23.7 Å². The molecule has 5 fully saturated rings. The second-order valence-corrected chi connectivity index (χ2v) is 13.9. The van der Waals surface area contributed by atoms with Gasteiger partial charge in [-0.2, -0.15) is 0 Å². The summed E-state index contributed by atoms with van der Waals surface area (Å²) in [6.07, 6.45) is -4.42. The van der Waals surface area contributed by atoms with E-state index >= 15 is 0 Å². The lowest BCUT2D eigenvalue weighted by atomic mass is 9.56. The molecule has 1 heterocycles. The van der Waals surface area contributed by atoms with E-state index in [1.165, 1.54) is 20.8 Å². The van der Waals surface area contributed by atoms with Crippen molar-refractivity contribution in [3.05, 3.63) is 11.6 Å². The second kappa shape index (κ2) is 9.75. The number of aliphatic hydroxyl groups excluding tert-OH is 2. The standard InChI is InChI=1S/C31H44O11/c1-10-13(2)25(35)40-19-11-18-20(28(18,7)8)23-29(9)26(36)30(41-17(6)34)12-14(3)22(38-15(4)32)21(30)24(39-16(5)33)31(19,23)27(37)42-29/h10,14,18-24,26-27,36-37H,11-12H2,1-9H3/b13-10+/t14-,18-,19+,20-,21+,22-,23-,24+,26+,27+,29+,30+,31-/m0/s1. The Morgan fingerprint density at radius 3 is 2.07 bits per heavy atom. The van der Waals surface area contributed by atoms with Crippen LogP contribution >= 0.6 is 0 Å². The number of fused-ring (bicyclic) bond motifs is 2. The maximum atomic E-state index is 13.3. The van der Waals surface area contributed by atoms with Gasteiger partial charge in [-0.15, -0.1) is 0 Å². The molecule has 2 N–H and O–H groups in total. The first-order chi connectivity index (χ1) is 19.4. The molecule has 5 rings (SSSR count). The molecule has 1 aliphatic heterocycles. The van der Waals surface area contributed by atoms with E-state index in [1.807, 2.05) is 0 Å². The number of carbonyl (C=O) groups is 4. The zero-order valence-corrected chi connectivity index (χ0v) is 25.8. The third kappa shape index (κ3) is 3.95. The van der Waals surface area contributed by atoms with Crippen LogP contribution in [-0.2, 0) is 42.9 Å². The summed E-state index contributed by atoms with van der Waals surface area (Å²) < 4.78 is 30.7. The molecule has 4 saturated carbocycles. The normalized spacial score (nSPS) is 48.1. The Bertz CT molecular complexity index is 1230. The van der Waals surface area contributed by atoms with E-state index < -0.39 is 89.0 Å². The Morgan fingerprint density at radius 1 is 0.905 bits per heavy atom. The molecule has 0 radical (unpaired) electrons. The van der Waals surface area contributed by atoms with Crippen LogP contribution in [0, 0.1) is 40.4 Å². The molecule has 11 nitrogen and oxygen atoms in total. The van der Waals surface area contributed by atoms with Crippen molar-refractivity contribution in [1.82, 2.24) is 0 Å². The van der Waals surface area contributed by atoms with Crippen LogP contribution in [0.4, 0.5) is 0 Å². The molecule has 0 aromatic heterocycles. The first-order valence-electron chi connectivity index (χ1n) is 14.8. The zero-order valence-electron chi connectivity index (χ0n) is 25.8. The summed E-state index contributed by atoms with van der Waals surface area (Å²) in [6.45, 7) is 14.7. The predicted molar refractivity (Wildman–Crippen MR) is 145 cm³/mol. The van der Waals surface area contributed by atoms with E-state index in [0.29, 0.717) is 12.0 Å². The molecule has 0 aromatic carbocycles. The minimum absolute atomic E-state index is 0.0450. The fraction of sp³-hybridized carbons (Fsp3) is 0.806. The van der Waals surface area contributed by atoms with Gasteiger partial charge in [0.2, 0.25) is 0 Å². The van der Waals surface area contributed by atoms with Gasteiger partial charge in [-0.05, 0) is 56.8 Å². The van der Waals surface area contributed by atoms with Gasteiger partial charge >= 0.3 is 23.9 Å². The molecule has 0 spiro atoms. The highest BCUT2D eigenvalue weighted by molar-refractivity contribution is 5.87. The number of allylic oxidation sites excluding steroid dienone is 1. The van der Waals surface area contributed by atoms with Crippen molar-refractivity contribution in [2.75, 3.05) is 0 Å². The summed E-state index contributed by atoms with van der Waals surface area (Å²) in [4.78, 5) is 51.4. The quantitative estimate of drug-likeness (QED) is 0.275. The third-order valence-corrected chi connectivity index (χ3v) is 11.4. The summed E-state index contributed by atoms with van der Waals surface area (Å²) >= 11 is 0. The lowest BCUT2D eigenvalue weighted by molar-refractivity contribution is -0.287. The van der Waals surface area contributed by atoms with Crippen molar-refractivity contribution >= 4 is 23.9 Å². The Balaban J connectivity index is 1.84. The van der Waals surface area contributed by atoms with E-state index in [2.05, 4.69) is 13.8 Å². The highest BCUT2D eigenvalue weighted by Gasteiger charge is 2.88. The molecule has 1 saturated heterocycles. The van der Waals surface area contributed by atoms with Gasteiger partial charge in [-0.3, -0.25) is 14.4 Å². The fourth-order valence-electron chi connectivity index (χ4n) is 9.73. The number of carbonyl (C=O) groups excluding carboxylic acids is 4. The molecule has 0 aromatic rings. The van der Waals surface area contributed by atoms with E-state index in [1.54, 1.807) is 33.8 Å². The maximum absolute atomic E-state index is 13.3. The molecular weight excluding hydrogens is 548 g/mol. The highest BCUT2D eigenvalue weighted by atomic mass is 16.7. The molecule has 0 unspecified atom stereocenters. The maximum Gasteiger partial charge on any atom is 0.333 e. The first kappa shape index (κ1) is 30.9. The van der Waals surface area contributed by atoms with Gasteiger partial charge in [0.15, 0.2) is 11.9 Å². The average Bonchev–Trinajstić information content (AvgIpc) is 3.17. The van der Waals surface area contributed by atoms with Gasteiger partial charge in [-0.25, -0.2) is 4.79 Å². The lowest BCUT2D eigenvalue weighted by Gasteiger charge is -2.52. The monoisotopic (exact) mass is 592 g/mol. The molecule has 11 heteroatoms.